The molecule has 8 nitrogen and oxygen atoms in total. The Morgan fingerprint density at radius 3 is 2.75 bits per heavy atom. The zero-order valence-corrected chi connectivity index (χ0v) is 18.8. The van der Waals surface area contributed by atoms with Crippen molar-refractivity contribution in [3.8, 4) is 17.2 Å². The number of nitrogens with one attached hydrogen (secondary N) is 1. The summed E-state index contributed by atoms with van der Waals surface area (Å²) in [6.07, 6.45) is 0. The number of hydrogen-bond donors (Lipinski definition) is 1. The molecule has 1 fully saturated rings. The zero-order valence-electron chi connectivity index (χ0n) is 18.0. The van der Waals surface area contributed by atoms with E-state index in [4.69, 9.17) is 14.2 Å². The minimum Gasteiger partial charge on any atom is -0.494 e. The van der Waals surface area contributed by atoms with Crippen molar-refractivity contribution in [2.45, 2.75) is 13.5 Å². The zero-order chi connectivity index (χ0) is 21.9. The molecule has 0 atom stereocenters. The van der Waals surface area contributed by atoms with Gasteiger partial charge in [0.15, 0.2) is 16.6 Å². The largest absolute Gasteiger partial charge is 0.494 e. The van der Waals surface area contributed by atoms with Crippen LogP contribution < -0.4 is 19.5 Å². The van der Waals surface area contributed by atoms with Gasteiger partial charge >= 0.3 is 0 Å². The van der Waals surface area contributed by atoms with E-state index in [1.165, 1.54) is 16.9 Å². The topological polar surface area (TPSA) is 76.2 Å². The molecule has 3 aromatic rings. The Morgan fingerprint density at radius 1 is 1.09 bits per heavy atom. The number of amides is 1. The van der Waals surface area contributed by atoms with Gasteiger partial charge in [0.2, 0.25) is 12.7 Å². The number of thiazole rings is 1. The monoisotopic (exact) mass is 454 g/mol. The fraction of sp³-hybridized carbons (Fsp3) is 0.391. The maximum Gasteiger partial charge on any atom is 0.240 e. The smallest absolute Gasteiger partial charge is 0.240 e. The van der Waals surface area contributed by atoms with E-state index < -0.39 is 0 Å². The summed E-state index contributed by atoms with van der Waals surface area (Å²) in [6.45, 7) is 7.67. The first-order valence-corrected chi connectivity index (χ1v) is 11.6. The third kappa shape index (κ3) is 4.79. The first kappa shape index (κ1) is 21.0. The predicted molar refractivity (Wildman–Crippen MR) is 124 cm³/mol. The van der Waals surface area contributed by atoms with E-state index in [9.17, 15) is 4.79 Å². The maximum absolute atomic E-state index is 12.6. The molecular formula is C23H26N4O4S. The van der Waals surface area contributed by atoms with Gasteiger partial charge in [0.1, 0.15) is 5.75 Å². The molecule has 0 unspecified atom stereocenters. The Kier molecular flexibility index (Phi) is 6.11. The molecule has 2 aromatic carbocycles. The number of carbonyl (C=O) groups excluding carboxylic acids is 1. The molecule has 0 radical (unpaired) electrons. The highest BCUT2D eigenvalue weighted by atomic mass is 32.1. The molecule has 9 heteroatoms. The summed E-state index contributed by atoms with van der Waals surface area (Å²) in [5.41, 5.74) is 2.08. The van der Waals surface area contributed by atoms with Crippen molar-refractivity contribution in [3.63, 3.8) is 0 Å². The van der Waals surface area contributed by atoms with Gasteiger partial charge in [0.05, 0.1) is 23.4 Å². The van der Waals surface area contributed by atoms with Crippen LogP contribution in [0.4, 0.5) is 5.13 Å². The van der Waals surface area contributed by atoms with Gasteiger partial charge in [0.25, 0.3) is 0 Å². The number of benzene rings is 2. The van der Waals surface area contributed by atoms with Crippen LogP contribution in [0.15, 0.2) is 36.4 Å². The number of piperazine rings is 1. The van der Waals surface area contributed by atoms with Crippen LogP contribution in [0.2, 0.25) is 0 Å². The maximum atomic E-state index is 12.6. The summed E-state index contributed by atoms with van der Waals surface area (Å²) < 4.78 is 17.4. The van der Waals surface area contributed by atoms with Crippen molar-refractivity contribution in [2.75, 3.05) is 51.4 Å². The average Bonchev–Trinajstić information content (AvgIpc) is 3.41. The van der Waals surface area contributed by atoms with Crippen LogP contribution >= 0.6 is 11.3 Å². The van der Waals surface area contributed by atoms with Crippen molar-refractivity contribution in [2.24, 2.45) is 0 Å². The molecule has 0 aliphatic carbocycles. The SMILES string of the molecule is CCOc1ccc2nc(NC(=O)CN3CCN(Cc4ccc5c(c4)OCO5)CC3)sc2c1. The Hall–Kier alpha value is -2.88. The number of aromatic nitrogens is 1. The van der Waals surface area contributed by atoms with Crippen molar-refractivity contribution >= 4 is 32.6 Å². The van der Waals surface area contributed by atoms with Crippen molar-refractivity contribution < 1.29 is 19.0 Å². The van der Waals surface area contributed by atoms with E-state index in [0.29, 0.717) is 25.1 Å². The second-order valence-corrected chi connectivity index (χ2v) is 8.90. The molecule has 1 aromatic heterocycles. The van der Waals surface area contributed by atoms with E-state index in [2.05, 4.69) is 32.2 Å². The molecule has 0 saturated carbocycles. The highest BCUT2D eigenvalue weighted by Gasteiger charge is 2.21. The molecular weight excluding hydrogens is 428 g/mol. The van der Waals surface area contributed by atoms with Crippen LogP contribution in [0, 0.1) is 0 Å². The lowest BCUT2D eigenvalue weighted by molar-refractivity contribution is -0.117. The van der Waals surface area contributed by atoms with Gasteiger partial charge in [-0.2, -0.15) is 0 Å². The number of hydrogen-bond acceptors (Lipinski definition) is 8. The Balaban J connectivity index is 1.10. The van der Waals surface area contributed by atoms with E-state index in [0.717, 1.165) is 60.2 Å². The minimum atomic E-state index is -0.0293. The third-order valence-corrected chi connectivity index (χ3v) is 6.53. The lowest BCUT2D eigenvalue weighted by atomic mass is 10.1. The van der Waals surface area contributed by atoms with Crippen LogP contribution in [0.3, 0.4) is 0 Å². The summed E-state index contributed by atoms with van der Waals surface area (Å²) in [5, 5.41) is 3.58. The second kappa shape index (κ2) is 9.32. The molecule has 3 heterocycles. The predicted octanol–water partition coefficient (Wildman–Crippen LogP) is 3.18. The quantitative estimate of drug-likeness (QED) is 0.588. The van der Waals surface area contributed by atoms with E-state index in [1.807, 2.05) is 31.2 Å². The van der Waals surface area contributed by atoms with E-state index in [-0.39, 0.29) is 5.91 Å². The minimum absolute atomic E-state index is 0.0293. The Bertz CT molecular complexity index is 1110. The molecule has 0 bridgehead atoms. The summed E-state index contributed by atoms with van der Waals surface area (Å²) in [5.74, 6) is 2.42. The molecule has 32 heavy (non-hydrogen) atoms. The van der Waals surface area contributed by atoms with Crippen molar-refractivity contribution in [1.29, 1.82) is 0 Å². The molecule has 2 aliphatic rings. The van der Waals surface area contributed by atoms with Gasteiger partial charge in [-0.25, -0.2) is 4.98 Å². The highest BCUT2D eigenvalue weighted by molar-refractivity contribution is 7.22. The summed E-state index contributed by atoms with van der Waals surface area (Å²) in [4.78, 5) is 21.7. The van der Waals surface area contributed by atoms with Gasteiger partial charge in [-0.05, 0) is 42.8 Å². The summed E-state index contributed by atoms with van der Waals surface area (Å²) >= 11 is 1.47. The molecule has 5 rings (SSSR count). The first-order valence-electron chi connectivity index (χ1n) is 10.8. The molecule has 1 N–H and O–H groups in total. The number of rotatable bonds is 7. The lowest BCUT2D eigenvalue weighted by Gasteiger charge is -2.34. The van der Waals surface area contributed by atoms with E-state index in [1.54, 1.807) is 0 Å². The first-order chi connectivity index (χ1) is 15.7. The fourth-order valence-electron chi connectivity index (χ4n) is 3.98. The van der Waals surface area contributed by atoms with Gasteiger partial charge in [-0.3, -0.25) is 14.6 Å². The van der Waals surface area contributed by atoms with E-state index >= 15 is 0 Å². The molecule has 168 valence electrons. The highest BCUT2D eigenvalue weighted by Crippen LogP contribution is 2.33. The Morgan fingerprint density at radius 2 is 1.91 bits per heavy atom. The Labute approximate surface area is 190 Å². The fourth-order valence-corrected chi connectivity index (χ4v) is 4.89. The van der Waals surface area contributed by atoms with Crippen LogP contribution in [0.5, 0.6) is 17.2 Å². The number of anilines is 1. The van der Waals surface area contributed by atoms with Crippen LogP contribution in [0.25, 0.3) is 10.2 Å². The molecule has 0 spiro atoms. The standard InChI is InChI=1S/C23H26N4O4S/c1-2-29-17-4-5-18-21(12-17)32-23(24-18)25-22(28)14-27-9-7-26(8-10-27)13-16-3-6-19-20(11-16)31-15-30-19/h3-6,11-12H,2,7-10,13-15H2,1H3,(H,24,25,28). The van der Waals surface area contributed by atoms with Crippen LogP contribution in [-0.4, -0.2) is 66.8 Å². The van der Waals surface area contributed by atoms with Crippen LogP contribution in [-0.2, 0) is 11.3 Å². The van der Waals surface area contributed by atoms with Crippen molar-refractivity contribution in [3.05, 3.63) is 42.0 Å². The molecule has 1 saturated heterocycles. The molecule has 1 amide bonds. The number of nitrogens with zero attached hydrogens (tertiary/aromatic N) is 3. The molecule has 2 aliphatic heterocycles. The number of fused-ring (bicyclic) bond motifs is 2. The van der Waals surface area contributed by atoms with Crippen LogP contribution in [0.1, 0.15) is 12.5 Å². The average molecular weight is 455 g/mol. The number of carbonyl (C=O) groups is 1. The number of ether oxygens (including phenoxy) is 3. The normalized spacial score (nSPS) is 16.4. The summed E-state index contributed by atoms with van der Waals surface area (Å²) in [7, 11) is 0. The van der Waals surface area contributed by atoms with Gasteiger partial charge in [-0.1, -0.05) is 17.4 Å². The third-order valence-electron chi connectivity index (χ3n) is 5.59. The van der Waals surface area contributed by atoms with Gasteiger partial charge < -0.3 is 19.5 Å². The van der Waals surface area contributed by atoms with Crippen molar-refractivity contribution in [1.82, 2.24) is 14.8 Å². The lowest BCUT2D eigenvalue weighted by Crippen LogP contribution is -2.48. The van der Waals surface area contributed by atoms with Gasteiger partial charge in [-0.15, -0.1) is 0 Å². The second-order valence-electron chi connectivity index (χ2n) is 7.87. The summed E-state index contributed by atoms with van der Waals surface area (Å²) in [6, 6.07) is 11.9. The van der Waals surface area contributed by atoms with Gasteiger partial charge in [0, 0.05) is 32.7 Å².